The maximum Gasteiger partial charge on any atom is 0.307 e. The molecule has 2 N–H and O–H groups in total. The second-order valence-corrected chi connectivity index (χ2v) is 6.63. The van der Waals surface area contributed by atoms with Gasteiger partial charge in [0.1, 0.15) is 16.9 Å². The molecular weight excluding hydrogens is 348 g/mol. The summed E-state index contributed by atoms with van der Waals surface area (Å²) in [6.45, 7) is 1.96. The number of para-hydroxylation sites is 1. The first-order valence-corrected chi connectivity index (χ1v) is 8.59. The average Bonchev–Trinajstić information content (AvgIpc) is 2.97. The molecule has 7 nitrogen and oxygen atoms in total. The maximum absolute atomic E-state index is 12.4. The second-order valence-electron chi connectivity index (χ2n) is 6.63. The number of carboxylic acid groups (broad SMARTS) is 1. The van der Waals surface area contributed by atoms with E-state index in [4.69, 9.17) is 14.3 Å². The highest BCUT2D eigenvalue weighted by atomic mass is 16.5. The van der Waals surface area contributed by atoms with Gasteiger partial charge in [-0.05, 0) is 19.2 Å². The van der Waals surface area contributed by atoms with Gasteiger partial charge in [0.25, 0.3) is 0 Å². The Kier molecular flexibility index (Phi) is 5.32. The normalized spacial score (nSPS) is 12.4. The number of aliphatic carboxylic acids is 1. The smallest absolute Gasteiger partial charge is 0.307 e. The molecule has 0 fully saturated rings. The first kappa shape index (κ1) is 18.7. The lowest BCUT2D eigenvalue weighted by Gasteiger charge is -2.19. The van der Waals surface area contributed by atoms with Crippen LogP contribution in [0, 0.1) is 5.92 Å². The Morgan fingerprint density at radius 3 is 2.67 bits per heavy atom. The molecule has 0 saturated carbocycles. The van der Waals surface area contributed by atoms with Crippen LogP contribution in [0.3, 0.4) is 0 Å². The number of anilines is 1. The van der Waals surface area contributed by atoms with Crippen LogP contribution >= 0.6 is 0 Å². The van der Waals surface area contributed by atoms with E-state index in [1.54, 1.807) is 32.0 Å². The van der Waals surface area contributed by atoms with E-state index >= 15 is 0 Å². The van der Waals surface area contributed by atoms with Crippen molar-refractivity contribution in [2.45, 2.75) is 6.92 Å². The van der Waals surface area contributed by atoms with Gasteiger partial charge in [-0.25, -0.2) is 0 Å². The van der Waals surface area contributed by atoms with Crippen molar-refractivity contribution >= 4 is 39.5 Å². The van der Waals surface area contributed by atoms with Gasteiger partial charge in [0, 0.05) is 23.4 Å². The van der Waals surface area contributed by atoms with Gasteiger partial charge in [-0.1, -0.05) is 25.1 Å². The summed E-state index contributed by atoms with van der Waals surface area (Å²) in [5, 5.41) is 13.7. The topological polar surface area (TPSA) is 92.0 Å². The monoisotopic (exact) mass is 370 g/mol. The van der Waals surface area contributed by atoms with E-state index in [-0.39, 0.29) is 19.0 Å². The molecule has 1 amide bonds. The van der Waals surface area contributed by atoms with Crippen molar-refractivity contribution in [2.75, 3.05) is 32.6 Å². The number of likely N-dealkylation sites (N-methyl/N-ethyl adjacent to an activating group) is 1. The largest absolute Gasteiger partial charge is 0.495 e. The summed E-state index contributed by atoms with van der Waals surface area (Å²) in [7, 11) is 3.25. The van der Waals surface area contributed by atoms with Gasteiger partial charge >= 0.3 is 5.97 Å². The molecule has 1 atom stereocenters. The fourth-order valence-electron chi connectivity index (χ4n) is 3.06. The third-order valence-corrected chi connectivity index (χ3v) is 4.39. The van der Waals surface area contributed by atoms with E-state index in [2.05, 4.69) is 5.32 Å². The van der Waals surface area contributed by atoms with Crippen LogP contribution in [0.1, 0.15) is 6.92 Å². The molecule has 2 aromatic carbocycles. The Balaban J connectivity index is 1.80. The van der Waals surface area contributed by atoms with Crippen molar-refractivity contribution in [3.8, 4) is 5.75 Å². The summed E-state index contributed by atoms with van der Waals surface area (Å²) >= 11 is 0. The van der Waals surface area contributed by atoms with Gasteiger partial charge < -0.3 is 19.6 Å². The third kappa shape index (κ3) is 4.03. The van der Waals surface area contributed by atoms with Crippen LogP contribution in [-0.4, -0.2) is 49.1 Å². The Morgan fingerprint density at radius 2 is 1.96 bits per heavy atom. The Hall–Kier alpha value is -3.06. The number of ether oxygens (including phenoxy) is 1. The summed E-state index contributed by atoms with van der Waals surface area (Å²) in [5.74, 6) is -1.17. The summed E-state index contributed by atoms with van der Waals surface area (Å²) in [5.41, 5.74) is 1.93. The third-order valence-electron chi connectivity index (χ3n) is 4.39. The maximum atomic E-state index is 12.4. The van der Waals surface area contributed by atoms with Gasteiger partial charge in [-0.15, -0.1) is 0 Å². The van der Waals surface area contributed by atoms with Crippen molar-refractivity contribution < 1.29 is 23.8 Å². The van der Waals surface area contributed by atoms with Gasteiger partial charge in [-0.3, -0.25) is 14.5 Å². The van der Waals surface area contributed by atoms with Crippen LogP contribution in [0.4, 0.5) is 5.69 Å². The molecule has 0 aliphatic rings. The average molecular weight is 370 g/mol. The Morgan fingerprint density at radius 1 is 1.22 bits per heavy atom. The van der Waals surface area contributed by atoms with E-state index in [1.807, 2.05) is 30.3 Å². The lowest BCUT2D eigenvalue weighted by atomic mass is 10.1. The molecule has 1 unspecified atom stereocenters. The van der Waals surface area contributed by atoms with E-state index in [9.17, 15) is 9.59 Å². The van der Waals surface area contributed by atoms with Gasteiger partial charge in [0.2, 0.25) is 5.91 Å². The molecule has 3 rings (SSSR count). The molecule has 0 aliphatic carbocycles. The molecule has 1 aromatic heterocycles. The second kappa shape index (κ2) is 7.67. The van der Waals surface area contributed by atoms with E-state index in [1.165, 1.54) is 0 Å². The number of rotatable bonds is 7. The number of carbonyl (C=O) groups excluding carboxylic acids is 1. The number of benzene rings is 2. The minimum Gasteiger partial charge on any atom is -0.495 e. The number of amides is 1. The highest BCUT2D eigenvalue weighted by Gasteiger charge is 2.17. The number of hydrogen-bond acceptors (Lipinski definition) is 5. The minimum atomic E-state index is -0.890. The van der Waals surface area contributed by atoms with Crippen molar-refractivity contribution in [2.24, 2.45) is 5.92 Å². The van der Waals surface area contributed by atoms with Crippen LogP contribution in [0.15, 0.2) is 40.8 Å². The quantitative estimate of drug-likeness (QED) is 0.664. The summed E-state index contributed by atoms with van der Waals surface area (Å²) in [4.78, 5) is 25.0. The zero-order valence-electron chi connectivity index (χ0n) is 15.5. The van der Waals surface area contributed by atoms with Crippen LogP contribution in [0.2, 0.25) is 0 Å². The lowest BCUT2D eigenvalue weighted by Crippen LogP contribution is -2.35. The number of nitrogens with zero attached hydrogens (tertiary/aromatic N) is 1. The van der Waals surface area contributed by atoms with E-state index in [0.717, 1.165) is 16.4 Å². The molecule has 0 spiro atoms. The van der Waals surface area contributed by atoms with E-state index in [0.29, 0.717) is 17.0 Å². The molecule has 1 heterocycles. The molecule has 0 bridgehead atoms. The van der Waals surface area contributed by atoms with Crippen LogP contribution in [-0.2, 0) is 9.59 Å². The van der Waals surface area contributed by atoms with Crippen molar-refractivity contribution in [3.63, 3.8) is 0 Å². The van der Waals surface area contributed by atoms with Crippen LogP contribution < -0.4 is 10.1 Å². The molecule has 0 radical (unpaired) electrons. The van der Waals surface area contributed by atoms with Gasteiger partial charge in [0.05, 0.1) is 25.3 Å². The Labute approximate surface area is 156 Å². The zero-order chi connectivity index (χ0) is 19.6. The number of hydrogen-bond donors (Lipinski definition) is 2. The summed E-state index contributed by atoms with van der Waals surface area (Å²) in [6, 6.07) is 11.3. The number of fused-ring (bicyclic) bond motifs is 3. The van der Waals surface area contributed by atoms with Gasteiger partial charge in [0.15, 0.2) is 0 Å². The summed E-state index contributed by atoms with van der Waals surface area (Å²) < 4.78 is 11.3. The highest BCUT2D eigenvalue weighted by Crippen LogP contribution is 2.36. The molecule has 3 aromatic rings. The number of furan rings is 1. The molecule has 0 aliphatic heterocycles. The number of nitrogens with one attached hydrogen (secondary N) is 1. The number of carbonyl (C=O) groups is 2. The van der Waals surface area contributed by atoms with Crippen molar-refractivity contribution in [1.29, 1.82) is 0 Å². The van der Waals surface area contributed by atoms with Crippen LogP contribution in [0.25, 0.3) is 21.9 Å². The van der Waals surface area contributed by atoms with Crippen molar-refractivity contribution in [3.05, 3.63) is 36.4 Å². The molecule has 142 valence electrons. The first-order chi connectivity index (χ1) is 12.9. The molecule has 27 heavy (non-hydrogen) atoms. The molecule has 7 heteroatoms. The predicted octanol–water partition coefficient (Wildman–Crippen LogP) is 3.19. The first-order valence-electron chi connectivity index (χ1n) is 8.59. The molecule has 0 saturated heterocycles. The van der Waals surface area contributed by atoms with E-state index < -0.39 is 11.9 Å². The predicted molar refractivity (Wildman–Crippen MR) is 103 cm³/mol. The zero-order valence-corrected chi connectivity index (χ0v) is 15.5. The fraction of sp³-hybridized carbons (Fsp3) is 0.300. The molecular formula is C20H22N2O5. The summed E-state index contributed by atoms with van der Waals surface area (Å²) in [6.07, 6.45) is 0. The van der Waals surface area contributed by atoms with Crippen LogP contribution in [0.5, 0.6) is 5.75 Å². The fourth-order valence-corrected chi connectivity index (χ4v) is 3.06. The van der Waals surface area contributed by atoms with Gasteiger partial charge in [-0.2, -0.15) is 0 Å². The number of methoxy groups -OCH3 is 1. The lowest BCUT2D eigenvalue weighted by molar-refractivity contribution is -0.141. The minimum absolute atomic E-state index is 0.0684. The highest BCUT2D eigenvalue weighted by molar-refractivity contribution is 6.07. The standard InChI is InChI=1S/C20H22N2O5/c1-12(20(24)25)10-22(2)11-19(23)21-15-9-17-14(8-18(15)26-3)13-6-4-5-7-16(13)27-17/h4-9,12H,10-11H2,1-3H3,(H,21,23)(H,24,25). The number of carboxylic acids is 1. The Bertz CT molecular complexity index is 995. The van der Waals surface area contributed by atoms with Crippen molar-refractivity contribution in [1.82, 2.24) is 4.90 Å². The SMILES string of the molecule is COc1cc2c(cc1NC(=O)CN(C)CC(C)C(=O)O)oc1ccccc12.